The van der Waals surface area contributed by atoms with E-state index in [1.807, 2.05) is 18.2 Å². The molecule has 0 amide bonds. The van der Waals surface area contributed by atoms with Crippen molar-refractivity contribution in [2.24, 2.45) is 5.92 Å². The first-order chi connectivity index (χ1) is 9.74. The van der Waals surface area contributed by atoms with Gasteiger partial charge in [-0.05, 0) is 23.6 Å². The normalized spacial score (nSPS) is 15.4. The highest BCUT2D eigenvalue weighted by atomic mass is 16.6. The van der Waals surface area contributed by atoms with E-state index in [9.17, 15) is 5.11 Å². The Labute approximate surface area is 121 Å². The third-order valence-electron chi connectivity index (χ3n) is 3.88. The van der Waals surface area contributed by atoms with E-state index in [1.165, 1.54) is 0 Å². The summed E-state index contributed by atoms with van der Waals surface area (Å²) in [5.41, 5.74) is 1.14. The summed E-state index contributed by atoms with van der Waals surface area (Å²) in [5, 5.41) is 13.4. The van der Waals surface area contributed by atoms with Crippen LogP contribution in [0.15, 0.2) is 18.2 Å². The summed E-state index contributed by atoms with van der Waals surface area (Å²) in [4.78, 5) is 0. The molecule has 0 spiro atoms. The molecule has 112 valence electrons. The van der Waals surface area contributed by atoms with Gasteiger partial charge < -0.3 is 19.9 Å². The van der Waals surface area contributed by atoms with Crippen molar-refractivity contribution >= 4 is 0 Å². The van der Waals surface area contributed by atoms with Crippen LogP contribution in [0.4, 0.5) is 0 Å². The van der Waals surface area contributed by atoms with Crippen LogP contribution in [-0.4, -0.2) is 31.0 Å². The van der Waals surface area contributed by atoms with E-state index in [4.69, 9.17) is 9.47 Å². The lowest BCUT2D eigenvalue weighted by atomic mass is 9.96. The summed E-state index contributed by atoms with van der Waals surface area (Å²) in [5.74, 6) is 2.01. The number of aliphatic hydroxyl groups is 1. The van der Waals surface area contributed by atoms with Crippen molar-refractivity contribution in [3.63, 3.8) is 0 Å². The number of ether oxygens (including phenoxy) is 2. The number of hydrogen-bond donors (Lipinski definition) is 2. The van der Waals surface area contributed by atoms with Gasteiger partial charge in [0.1, 0.15) is 13.2 Å². The Balaban J connectivity index is 1.82. The minimum Gasteiger partial charge on any atom is -0.486 e. The molecule has 1 aromatic carbocycles. The van der Waals surface area contributed by atoms with Crippen LogP contribution in [0, 0.1) is 5.92 Å². The second-order valence-corrected chi connectivity index (χ2v) is 5.25. The van der Waals surface area contributed by atoms with Crippen LogP contribution in [0.25, 0.3) is 0 Å². The predicted molar refractivity (Wildman–Crippen MR) is 79.2 cm³/mol. The zero-order valence-corrected chi connectivity index (χ0v) is 12.4. The van der Waals surface area contributed by atoms with Gasteiger partial charge in [0.05, 0.1) is 6.10 Å². The lowest BCUT2D eigenvalue weighted by Crippen LogP contribution is -2.32. The fourth-order valence-corrected chi connectivity index (χ4v) is 2.56. The third-order valence-corrected chi connectivity index (χ3v) is 3.88. The van der Waals surface area contributed by atoms with Gasteiger partial charge in [-0.3, -0.25) is 0 Å². The van der Waals surface area contributed by atoms with E-state index < -0.39 is 0 Å². The van der Waals surface area contributed by atoms with Crippen LogP contribution in [0.2, 0.25) is 0 Å². The van der Waals surface area contributed by atoms with Crippen molar-refractivity contribution in [3.05, 3.63) is 23.8 Å². The van der Waals surface area contributed by atoms with E-state index in [1.54, 1.807) is 0 Å². The van der Waals surface area contributed by atoms with Gasteiger partial charge in [-0.25, -0.2) is 0 Å². The van der Waals surface area contributed by atoms with Gasteiger partial charge in [0.15, 0.2) is 11.5 Å². The lowest BCUT2D eigenvalue weighted by Gasteiger charge is -2.21. The smallest absolute Gasteiger partial charge is 0.161 e. The molecule has 0 fully saturated rings. The SMILES string of the molecule is CCC(CC)C(O)CNCc1ccc2c(c1)OCCO2. The van der Waals surface area contributed by atoms with E-state index in [0.29, 0.717) is 25.7 Å². The van der Waals surface area contributed by atoms with Gasteiger partial charge in [0.25, 0.3) is 0 Å². The molecule has 0 aliphatic carbocycles. The van der Waals surface area contributed by atoms with Crippen LogP contribution in [-0.2, 0) is 6.54 Å². The summed E-state index contributed by atoms with van der Waals surface area (Å²) >= 11 is 0. The Morgan fingerprint density at radius 1 is 1.15 bits per heavy atom. The molecule has 0 saturated carbocycles. The maximum Gasteiger partial charge on any atom is 0.161 e. The number of aliphatic hydroxyl groups excluding tert-OH is 1. The van der Waals surface area contributed by atoms with Crippen LogP contribution < -0.4 is 14.8 Å². The largest absolute Gasteiger partial charge is 0.486 e. The number of fused-ring (bicyclic) bond motifs is 1. The van der Waals surface area contributed by atoms with Gasteiger partial charge in [0, 0.05) is 13.1 Å². The van der Waals surface area contributed by atoms with E-state index in [0.717, 1.165) is 36.4 Å². The molecule has 1 aliphatic rings. The lowest BCUT2D eigenvalue weighted by molar-refractivity contribution is 0.101. The Morgan fingerprint density at radius 3 is 2.55 bits per heavy atom. The topological polar surface area (TPSA) is 50.7 Å². The molecular formula is C16H25NO3. The molecule has 1 aliphatic heterocycles. The van der Waals surface area contributed by atoms with Crippen molar-refractivity contribution in [2.75, 3.05) is 19.8 Å². The van der Waals surface area contributed by atoms with E-state index in [2.05, 4.69) is 19.2 Å². The van der Waals surface area contributed by atoms with E-state index >= 15 is 0 Å². The summed E-state index contributed by atoms with van der Waals surface area (Å²) < 4.78 is 11.1. The average molecular weight is 279 g/mol. The molecule has 1 unspecified atom stereocenters. The van der Waals surface area contributed by atoms with Crippen LogP contribution >= 0.6 is 0 Å². The quantitative estimate of drug-likeness (QED) is 0.804. The van der Waals surface area contributed by atoms with Crippen molar-refractivity contribution < 1.29 is 14.6 Å². The maximum atomic E-state index is 10.1. The Kier molecular flexibility index (Phi) is 5.68. The molecule has 0 bridgehead atoms. The fourth-order valence-electron chi connectivity index (χ4n) is 2.56. The Morgan fingerprint density at radius 2 is 1.85 bits per heavy atom. The minimum absolute atomic E-state index is 0.276. The molecule has 1 heterocycles. The fraction of sp³-hybridized carbons (Fsp3) is 0.625. The number of benzene rings is 1. The third kappa shape index (κ3) is 3.87. The molecule has 0 saturated heterocycles. The maximum absolute atomic E-state index is 10.1. The number of nitrogens with one attached hydrogen (secondary N) is 1. The van der Waals surface area contributed by atoms with Crippen LogP contribution in [0.5, 0.6) is 11.5 Å². The minimum atomic E-state index is -0.276. The van der Waals surface area contributed by atoms with Crippen molar-refractivity contribution in [1.29, 1.82) is 0 Å². The molecule has 2 rings (SSSR count). The van der Waals surface area contributed by atoms with Crippen LogP contribution in [0.3, 0.4) is 0 Å². The van der Waals surface area contributed by atoms with Gasteiger partial charge in [-0.2, -0.15) is 0 Å². The molecule has 0 aromatic heterocycles. The molecule has 4 heteroatoms. The highest BCUT2D eigenvalue weighted by Gasteiger charge is 2.15. The summed E-state index contributed by atoms with van der Waals surface area (Å²) in [6, 6.07) is 5.98. The second kappa shape index (κ2) is 7.50. The standard InChI is InChI=1S/C16H25NO3/c1-3-13(4-2)14(18)11-17-10-12-5-6-15-16(9-12)20-8-7-19-15/h5-6,9,13-14,17-18H,3-4,7-8,10-11H2,1-2H3. The zero-order chi connectivity index (χ0) is 14.4. The van der Waals surface area contributed by atoms with Gasteiger partial charge >= 0.3 is 0 Å². The molecular weight excluding hydrogens is 254 g/mol. The summed E-state index contributed by atoms with van der Waals surface area (Å²) in [6.07, 6.45) is 1.76. The molecule has 0 radical (unpaired) electrons. The monoisotopic (exact) mass is 279 g/mol. The van der Waals surface area contributed by atoms with Gasteiger partial charge in [-0.15, -0.1) is 0 Å². The van der Waals surface area contributed by atoms with Crippen molar-refractivity contribution in [2.45, 2.75) is 39.3 Å². The molecule has 2 N–H and O–H groups in total. The number of hydrogen-bond acceptors (Lipinski definition) is 4. The van der Waals surface area contributed by atoms with Crippen LogP contribution in [0.1, 0.15) is 32.3 Å². The molecule has 1 aromatic rings. The Hall–Kier alpha value is -1.26. The zero-order valence-electron chi connectivity index (χ0n) is 12.4. The first-order valence-corrected chi connectivity index (χ1v) is 7.51. The van der Waals surface area contributed by atoms with E-state index in [-0.39, 0.29) is 6.10 Å². The molecule has 20 heavy (non-hydrogen) atoms. The van der Waals surface area contributed by atoms with Crippen molar-refractivity contribution in [1.82, 2.24) is 5.32 Å². The summed E-state index contributed by atoms with van der Waals surface area (Å²) in [7, 11) is 0. The van der Waals surface area contributed by atoms with Gasteiger partial charge in [-0.1, -0.05) is 32.8 Å². The summed E-state index contributed by atoms with van der Waals surface area (Å²) in [6.45, 7) is 6.83. The highest BCUT2D eigenvalue weighted by molar-refractivity contribution is 5.43. The molecule has 1 atom stereocenters. The molecule has 4 nitrogen and oxygen atoms in total. The second-order valence-electron chi connectivity index (χ2n) is 5.25. The Bertz CT molecular complexity index is 418. The number of rotatable bonds is 7. The highest BCUT2D eigenvalue weighted by Crippen LogP contribution is 2.30. The predicted octanol–water partition coefficient (Wildman–Crippen LogP) is 2.34. The van der Waals surface area contributed by atoms with Crippen molar-refractivity contribution in [3.8, 4) is 11.5 Å². The van der Waals surface area contributed by atoms with Gasteiger partial charge in [0.2, 0.25) is 0 Å². The first-order valence-electron chi connectivity index (χ1n) is 7.51. The first kappa shape index (κ1) is 15.1. The average Bonchev–Trinajstić information content (AvgIpc) is 2.48.